The van der Waals surface area contributed by atoms with E-state index >= 15 is 0 Å². The quantitative estimate of drug-likeness (QED) is 0.275. The van der Waals surface area contributed by atoms with Crippen molar-refractivity contribution in [3.63, 3.8) is 0 Å². The number of pyridine rings is 1. The third-order valence-electron chi connectivity index (χ3n) is 6.45. The Kier molecular flexibility index (Phi) is 7.46. The molecule has 39 heavy (non-hydrogen) atoms. The number of carbonyl (C=O) groups excluding carboxylic acids is 1. The maximum absolute atomic E-state index is 12.8. The normalized spacial score (nSPS) is 13.9. The summed E-state index contributed by atoms with van der Waals surface area (Å²) in [6, 6.07) is 17.6. The molecule has 0 unspecified atom stereocenters. The SMILES string of the molecule is CCOc1ccc(NC(=O)CSc2nnc3c4c(c(C#N)c(Nc5ccc(C)cc5)n23)CC(C)(C)OC4)cc1. The summed E-state index contributed by atoms with van der Waals surface area (Å²) in [7, 11) is 0. The molecule has 10 heteroatoms. The van der Waals surface area contributed by atoms with Gasteiger partial charge in [-0.25, -0.2) is 0 Å². The number of carbonyl (C=O) groups is 1. The van der Waals surface area contributed by atoms with Crippen molar-refractivity contribution in [3.8, 4) is 11.8 Å². The third-order valence-corrected chi connectivity index (χ3v) is 7.38. The average Bonchev–Trinajstić information content (AvgIpc) is 3.33. The number of aryl methyl sites for hydroxylation is 1. The minimum atomic E-state index is -0.408. The number of thioether (sulfide) groups is 1. The number of ether oxygens (including phenoxy) is 2. The van der Waals surface area contributed by atoms with E-state index in [2.05, 4.69) is 26.9 Å². The minimum Gasteiger partial charge on any atom is -0.494 e. The molecule has 200 valence electrons. The number of amides is 1. The van der Waals surface area contributed by atoms with E-state index in [1.54, 1.807) is 12.1 Å². The van der Waals surface area contributed by atoms with Crippen LogP contribution >= 0.6 is 11.8 Å². The van der Waals surface area contributed by atoms with Crippen LogP contribution in [0.3, 0.4) is 0 Å². The minimum absolute atomic E-state index is 0.112. The number of nitriles is 1. The van der Waals surface area contributed by atoms with E-state index in [0.717, 1.165) is 28.1 Å². The first-order chi connectivity index (χ1) is 18.8. The van der Waals surface area contributed by atoms with Gasteiger partial charge < -0.3 is 20.1 Å². The Hall–Kier alpha value is -4.07. The molecule has 3 heterocycles. The Balaban J connectivity index is 1.48. The van der Waals surface area contributed by atoms with Crippen molar-refractivity contribution in [2.45, 2.75) is 51.5 Å². The molecular formula is C29H30N6O3S. The van der Waals surface area contributed by atoms with Crippen molar-refractivity contribution in [1.82, 2.24) is 14.6 Å². The second-order valence-electron chi connectivity index (χ2n) is 9.94. The molecule has 0 saturated carbocycles. The highest BCUT2D eigenvalue weighted by molar-refractivity contribution is 7.99. The van der Waals surface area contributed by atoms with Crippen LogP contribution < -0.4 is 15.4 Å². The molecule has 0 saturated heterocycles. The summed E-state index contributed by atoms with van der Waals surface area (Å²) >= 11 is 1.25. The molecule has 1 aliphatic rings. The summed E-state index contributed by atoms with van der Waals surface area (Å²) in [6.07, 6.45) is 0.574. The van der Waals surface area contributed by atoms with Crippen LogP contribution in [-0.2, 0) is 22.6 Å². The number of rotatable bonds is 8. The van der Waals surface area contributed by atoms with Crippen LogP contribution in [0.15, 0.2) is 53.7 Å². The van der Waals surface area contributed by atoms with E-state index in [9.17, 15) is 10.1 Å². The van der Waals surface area contributed by atoms with Crippen LogP contribution in [0.1, 0.15) is 43.0 Å². The van der Waals surface area contributed by atoms with Gasteiger partial charge in [-0.05, 0) is 69.7 Å². The fraction of sp³-hybridized carbons (Fsp3) is 0.310. The second-order valence-corrected chi connectivity index (χ2v) is 10.9. The standard InChI is InChI=1S/C29H30N6O3S/c1-5-37-21-12-10-19(11-13-21)31-25(36)17-39-28-34-33-27-24-16-38-29(3,4)14-22(24)23(15-30)26(35(27)28)32-20-8-6-18(2)7-9-20/h6-13,32H,5,14,16-17H2,1-4H3,(H,31,36). The van der Waals surface area contributed by atoms with Gasteiger partial charge in [0.05, 0.1) is 30.1 Å². The monoisotopic (exact) mass is 542 g/mol. The van der Waals surface area contributed by atoms with Crippen LogP contribution in [-0.4, -0.2) is 38.5 Å². The number of nitrogens with one attached hydrogen (secondary N) is 2. The summed E-state index contributed by atoms with van der Waals surface area (Å²) in [5.74, 6) is 1.25. The molecule has 1 amide bonds. The molecule has 0 atom stereocenters. The van der Waals surface area contributed by atoms with Crippen LogP contribution in [0.25, 0.3) is 5.65 Å². The second kappa shape index (κ2) is 11.0. The van der Waals surface area contributed by atoms with E-state index in [1.807, 2.05) is 68.5 Å². The van der Waals surface area contributed by atoms with Crippen molar-refractivity contribution in [2.75, 3.05) is 23.0 Å². The van der Waals surface area contributed by atoms with Crippen molar-refractivity contribution in [3.05, 3.63) is 70.8 Å². The molecule has 4 aromatic rings. The van der Waals surface area contributed by atoms with Gasteiger partial charge in [0.15, 0.2) is 10.8 Å². The highest BCUT2D eigenvalue weighted by atomic mass is 32.2. The van der Waals surface area contributed by atoms with Gasteiger partial charge in [-0.3, -0.25) is 9.20 Å². The summed E-state index contributed by atoms with van der Waals surface area (Å²) in [5.41, 5.74) is 5.13. The first-order valence-corrected chi connectivity index (χ1v) is 13.7. The molecule has 0 aliphatic carbocycles. The number of nitrogens with zero attached hydrogens (tertiary/aromatic N) is 4. The topological polar surface area (TPSA) is 114 Å². The molecule has 2 aromatic heterocycles. The molecule has 2 N–H and O–H groups in total. The number of hydrogen-bond donors (Lipinski definition) is 2. The van der Waals surface area contributed by atoms with Gasteiger partial charge in [-0.2, -0.15) is 5.26 Å². The van der Waals surface area contributed by atoms with Gasteiger partial charge in [0.1, 0.15) is 17.6 Å². The van der Waals surface area contributed by atoms with Crippen molar-refractivity contribution < 1.29 is 14.3 Å². The lowest BCUT2D eigenvalue weighted by Gasteiger charge is -2.33. The molecule has 2 aromatic carbocycles. The zero-order valence-corrected chi connectivity index (χ0v) is 23.2. The maximum atomic E-state index is 12.8. The summed E-state index contributed by atoms with van der Waals surface area (Å²) < 4.78 is 13.4. The largest absolute Gasteiger partial charge is 0.494 e. The number of benzene rings is 2. The number of anilines is 3. The van der Waals surface area contributed by atoms with E-state index < -0.39 is 5.60 Å². The number of fused-ring (bicyclic) bond motifs is 3. The molecule has 0 radical (unpaired) electrons. The highest BCUT2D eigenvalue weighted by Crippen LogP contribution is 2.38. The lowest BCUT2D eigenvalue weighted by molar-refractivity contribution is -0.113. The lowest BCUT2D eigenvalue weighted by Crippen LogP contribution is -2.33. The van der Waals surface area contributed by atoms with Crippen LogP contribution in [0.5, 0.6) is 5.75 Å². The number of aromatic nitrogens is 3. The zero-order valence-electron chi connectivity index (χ0n) is 22.4. The van der Waals surface area contributed by atoms with E-state index in [0.29, 0.717) is 47.5 Å². The molecule has 1 aliphatic heterocycles. The third kappa shape index (κ3) is 5.70. The van der Waals surface area contributed by atoms with Gasteiger partial charge in [-0.1, -0.05) is 29.5 Å². The van der Waals surface area contributed by atoms with Crippen molar-refractivity contribution >= 4 is 40.5 Å². The lowest BCUT2D eigenvalue weighted by atomic mass is 9.89. The van der Waals surface area contributed by atoms with Crippen LogP contribution in [0.4, 0.5) is 17.2 Å². The average molecular weight is 543 g/mol. The van der Waals surface area contributed by atoms with Gasteiger partial charge in [0.2, 0.25) is 5.91 Å². The first-order valence-electron chi connectivity index (χ1n) is 12.7. The highest BCUT2D eigenvalue weighted by Gasteiger charge is 2.33. The van der Waals surface area contributed by atoms with E-state index in [-0.39, 0.29) is 11.7 Å². The Labute approximate surface area is 231 Å². The van der Waals surface area contributed by atoms with Gasteiger partial charge in [0.25, 0.3) is 0 Å². The van der Waals surface area contributed by atoms with Gasteiger partial charge in [-0.15, -0.1) is 10.2 Å². The summed E-state index contributed by atoms with van der Waals surface area (Å²) in [6.45, 7) is 8.88. The van der Waals surface area contributed by atoms with Crippen LogP contribution in [0, 0.1) is 18.3 Å². The molecule has 0 spiro atoms. The molecular weight excluding hydrogens is 512 g/mol. The van der Waals surface area contributed by atoms with Gasteiger partial charge >= 0.3 is 0 Å². The summed E-state index contributed by atoms with van der Waals surface area (Å²) in [4.78, 5) is 12.8. The predicted octanol–water partition coefficient (Wildman–Crippen LogP) is 5.63. The fourth-order valence-corrected chi connectivity index (χ4v) is 5.27. The van der Waals surface area contributed by atoms with Crippen molar-refractivity contribution in [1.29, 1.82) is 5.26 Å². The van der Waals surface area contributed by atoms with E-state index in [4.69, 9.17) is 9.47 Å². The predicted molar refractivity (Wildman–Crippen MR) is 152 cm³/mol. The van der Waals surface area contributed by atoms with Crippen molar-refractivity contribution in [2.24, 2.45) is 0 Å². The summed E-state index contributed by atoms with van der Waals surface area (Å²) in [5, 5.41) is 26.1. The number of hydrogen-bond acceptors (Lipinski definition) is 8. The first kappa shape index (κ1) is 26.5. The van der Waals surface area contributed by atoms with E-state index in [1.165, 1.54) is 11.8 Å². The maximum Gasteiger partial charge on any atom is 0.234 e. The van der Waals surface area contributed by atoms with Gasteiger partial charge in [0, 0.05) is 23.4 Å². The molecule has 0 fully saturated rings. The smallest absolute Gasteiger partial charge is 0.234 e. The molecule has 0 bridgehead atoms. The fourth-order valence-electron chi connectivity index (χ4n) is 4.53. The Morgan fingerprint density at radius 2 is 1.85 bits per heavy atom. The van der Waals surface area contributed by atoms with Crippen LogP contribution in [0.2, 0.25) is 0 Å². The Bertz CT molecular complexity index is 1560. The molecule has 5 rings (SSSR count). The molecule has 9 nitrogen and oxygen atoms in total. The Morgan fingerprint density at radius 1 is 1.13 bits per heavy atom. The Morgan fingerprint density at radius 3 is 2.54 bits per heavy atom. The zero-order chi connectivity index (χ0) is 27.6.